The van der Waals surface area contributed by atoms with Gasteiger partial charge in [-0.1, -0.05) is 63.9 Å². The minimum Gasteiger partial charge on any atom is -0.305 e. The van der Waals surface area contributed by atoms with E-state index in [2.05, 4.69) is 63.1 Å². The topological polar surface area (TPSA) is 12.9 Å². The molecule has 3 heteroatoms. The van der Waals surface area contributed by atoms with Gasteiger partial charge in [0.1, 0.15) is 0 Å². The third kappa shape index (κ3) is 4.65. The summed E-state index contributed by atoms with van der Waals surface area (Å²) >= 11 is 0. The molecule has 1 nitrogen and oxygen atoms in total. The molecular formula is C21H28IrNSi-. The van der Waals surface area contributed by atoms with Crippen molar-refractivity contribution in [2.45, 2.75) is 58.7 Å². The Kier molecular flexibility index (Phi) is 6.58. The van der Waals surface area contributed by atoms with Crippen LogP contribution in [0.5, 0.6) is 0 Å². The van der Waals surface area contributed by atoms with Crippen LogP contribution in [0.2, 0.25) is 19.6 Å². The maximum absolute atomic E-state index is 4.78. The zero-order chi connectivity index (χ0) is 16.4. The van der Waals surface area contributed by atoms with Crippen molar-refractivity contribution in [2.75, 3.05) is 0 Å². The SMILES string of the molecule is Cc1c[c-]c(-c2cc(CC3CCCC3)c([Si](C)(C)C)cn2)cc1.[Ir]. The molecule has 1 aliphatic carbocycles. The first kappa shape index (κ1) is 19.6. The van der Waals surface area contributed by atoms with Crippen LogP contribution in [0, 0.1) is 18.9 Å². The summed E-state index contributed by atoms with van der Waals surface area (Å²) in [6.07, 6.45) is 9.03. The first-order valence-electron chi connectivity index (χ1n) is 8.91. The van der Waals surface area contributed by atoms with E-state index in [1.807, 2.05) is 0 Å². The van der Waals surface area contributed by atoms with Gasteiger partial charge in [0.05, 0.1) is 8.07 Å². The molecule has 1 fully saturated rings. The van der Waals surface area contributed by atoms with Crippen LogP contribution in [-0.4, -0.2) is 13.1 Å². The van der Waals surface area contributed by atoms with Gasteiger partial charge in [0.2, 0.25) is 0 Å². The van der Waals surface area contributed by atoms with Crippen molar-refractivity contribution in [1.82, 2.24) is 4.98 Å². The van der Waals surface area contributed by atoms with E-state index >= 15 is 0 Å². The Bertz CT molecular complexity index is 667. The van der Waals surface area contributed by atoms with Gasteiger partial charge >= 0.3 is 0 Å². The van der Waals surface area contributed by atoms with Gasteiger partial charge in [0, 0.05) is 26.3 Å². The standard InChI is InChI=1S/C21H28NSi.Ir/c1-16-9-11-18(12-10-16)20-14-19(13-17-7-5-6-8-17)21(15-22-20)23(2,3)4;/h9-11,14-15,17H,5-8,13H2,1-4H3;/q-1;. The van der Waals surface area contributed by atoms with Crippen LogP contribution < -0.4 is 5.19 Å². The van der Waals surface area contributed by atoms with E-state index in [1.54, 1.807) is 10.8 Å². The second-order valence-corrected chi connectivity index (χ2v) is 13.1. The van der Waals surface area contributed by atoms with Gasteiger partial charge in [-0.05, 0) is 23.2 Å². The average Bonchev–Trinajstić information content (AvgIpc) is 3.00. The third-order valence-corrected chi connectivity index (χ3v) is 7.09. The molecule has 1 radical (unpaired) electrons. The number of hydrogen-bond donors (Lipinski definition) is 0. The molecule has 1 aliphatic rings. The maximum atomic E-state index is 4.78. The van der Waals surface area contributed by atoms with E-state index in [1.165, 1.54) is 37.7 Å². The number of aryl methyl sites for hydroxylation is 1. The van der Waals surface area contributed by atoms with Crippen LogP contribution in [0.3, 0.4) is 0 Å². The van der Waals surface area contributed by atoms with Gasteiger partial charge in [-0.25, -0.2) is 0 Å². The van der Waals surface area contributed by atoms with Crippen molar-refractivity contribution in [3.8, 4) is 11.3 Å². The predicted octanol–water partition coefficient (Wildman–Crippen LogP) is 5.13. The molecule has 1 heterocycles. The van der Waals surface area contributed by atoms with E-state index in [4.69, 9.17) is 4.98 Å². The molecular weight excluding hydrogens is 487 g/mol. The number of rotatable bonds is 4. The molecule has 0 unspecified atom stereocenters. The molecule has 3 rings (SSSR count). The summed E-state index contributed by atoms with van der Waals surface area (Å²) in [4.78, 5) is 4.78. The van der Waals surface area contributed by atoms with Gasteiger partial charge in [-0.3, -0.25) is 0 Å². The molecule has 0 bridgehead atoms. The van der Waals surface area contributed by atoms with Crippen LogP contribution in [0.1, 0.15) is 36.8 Å². The molecule has 0 N–H and O–H groups in total. The van der Waals surface area contributed by atoms with Crippen molar-refractivity contribution in [1.29, 1.82) is 0 Å². The molecule has 1 aromatic heterocycles. The fourth-order valence-corrected chi connectivity index (χ4v) is 5.27. The Morgan fingerprint density at radius 3 is 2.46 bits per heavy atom. The Labute approximate surface area is 161 Å². The average molecular weight is 515 g/mol. The minimum absolute atomic E-state index is 0. The molecule has 0 amide bonds. The number of nitrogens with zero attached hydrogens (tertiary/aromatic N) is 1. The zero-order valence-corrected chi connectivity index (χ0v) is 18.7. The molecule has 1 aromatic carbocycles. The van der Waals surface area contributed by atoms with Crippen molar-refractivity contribution < 1.29 is 20.1 Å². The third-order valence-electron chi connectivity index (χ3n) is 5.03. The molecule has 24 heavy (non-hydrogen) atoms. The minimum atomic E-state index is -1.36. The van der Waals surface area contributed by atoms with E-state index in [-0.39, 0.29) is 20.1 Å². The van der Waals surface area contributed by atoms with Crippen molar-refractivity contribution in [2.24, 2.45) is 5.92 Å². The van der Waals surface area contributed by atoms with Gasteiger partial charge in [-0.2, -0.15) is 0 Å². The summed E-state index contributed by atoms with van der Waals surface area (Å²) in [6, 6.07) is 12.1. The fraction of sp³-hybridized carbons (Fsp3) is 0.476. The Morgan fingerprint density at radius 2 is 1.88 bits per heavy atom. The molecule has 0 aliphatic heterocycles. The van der Waals surface area contributed by atoms with E-state index < -0.39 is 8.07 Å². The van der Waals surface area contributed by atoms with Crippen molar-refractivity contribution in [3.63, 3.8) is 0 Å². The van der Waals surface area contributed by atoms with E-state index in [0.29, 0.717) is 0 Å². The monoisotopic (exact) mass is 515 g/mol. The van der Waals surface area contributed by atoms with Gasteiger partial charge < -0.3 is 4.98 Å². The van der Waals surface area contributed by atoms with Gasteiger partial charge in [0.15, 0.2) is 0 Å². The number of pyridine rings is 1. The Morgan fingerprint density at radius 1 is 1.17 bits per heavy atom. The van der Waals surface area contributed by atoms with Crippen LogP contribution in [-0.2, 0) is 26.5 Å². The second-order valence-electron chi connectivity index (χ2n) is 8.11. The number of aromatic nitrogens is 1. The Balaban J connectivity index is 0.00000208. The fourth-order valence-electron chi connectivity index (χ4n) is 3.68. The van der Waals surface area contributed by atoms with Crippen LogP contribution in [0.25, 0.3) is 11.3 Å². The number of benzene rings is 1. The molecule has 2 aromatic rings. The van der Waals surface area contributed by atoms with E-state index in [9.17, 15) is 0 Å². The summed E-state index contributed by atoms with van der Waals surface area (Å²) in [5.74, 6) is 0.877. The van der Waals surface area contributed by atoms with Crippen LogP contribution in [0.4, 0.5) is 0 Å². The summed E-state index contributed by atoms with van der Waals surface area (Å²) in [6.45, 7) is 9.40. The van der Waals surface area contributed by atoms with Crippen LogP contribution >= 0.6 is 0 Å². The van der Waals surface area contributed by atoms with Gasteiger partial charge in [-0.15, -0.1) is 35.4 Å². The normalized spacial score (nSPS) is 15.3. The first-order valence-corrected chi connectivity index (χ1v) is 12.4. The summed E-state index contributed by atoms with van der Waals surface area (Å²) in [5, 5.41) is 1.54. The van der Waals surface area contributed by atoms with Crippen molar-refractivity contribution >= 4 is 13.3 Å². The second kappa shape index (κ2) is 8.08. The largest absolute Gasteiger partial charge is 0.305 e. The number of hydrogen-bond acceptors (Lipinski definition) is 1. The van der Waals surface area contributed by atoms with E-state index in [0.717, 1.165) is 17.2 Å². The quantitative estimate of drug-likeness (QED) is 0.407. The molecule has 1 saturated carbocycles. The smallest absolute Gasteiger partial charge is 0.0798 e. The molecule has 0 spiro atoms. The predicted molar refractivity (Wildman–Crippen MR) is 102 cm³/mol. The molecule has 131 valence electrons. The van der Waals surface area contributed by atoms with Gasteiger partial charge in [0.25, 0.3) is 0 Å². The zero-order valence-electron chi connectivity index (χ0n) is 15.3. The van der Waals surface area contributed by atoms with Crippen molar-refractivity contribution in [3.05, 3.63) is 47.7 Å². The molecule has 0 atom stereocenters. The Hall–Kier alpha value is -0.764. The maximum Gasteiger partial charge on any atom is 0.0798 e. The summed E-state index contributed by atoms with van der Waals surface area (Å²) < 4.78 is 0. The molecule has 0 saturated heterocycles. The summed E-state index contributed by atoms with van der Waals surface area (Å²) in [5.41, 5.74) is 5.00. The first-order chi connectivity index (χ1) is 10.9. The van der Waals surface area contributed by atoms with Crippen LogP contribution in [0.15, 0.2) is 30.5 Å². The summed E-state index contributed by atoms with van der Waals surface area (Å²) in [7, 11) is -1.36.